The molecular formula is C22H37Br2N. The summed E-state index contributed by atoms with van der Waals surface area (Å²) in [5.41, 5.74) is 1.50. The largest absolute Gasteiger partial charge is 0.310 e. The van der Waals surface area contributed by atoms with Crippen molar-refractivity contribution in [1.82, 2.24) is 5.32 Å². The normalized spacial score (nSPS) is 13.8. The van der Waals surface area contributed by atoms with Crippen LogP contribution in [0.1, 0.15) is 96.5 Å². The summed E-state index contributed by atoms with van der Waals surface area (Å²) >= 11 is 7.48. The van der Waals surface area contributed by atoms with Crippen LogP contribution >= 0.6 is 31.9 Å². The van der Waals surface area contributed by atoms with Gasteiger partial charge in [-0.25, -0.2) is 0 Å². The zero-order valence-electron chi connectivity index (χ0n) is 16.5. The van der Waals surface area contributed by atoms with Crippen molar-refractivity contribution in [3.63, 3.8) is 0 Å². The van der Waals surface area contributed by atoms with E-state index in [4.69, 9.17) is 0 Å². The molecule has 1 unspecified atom stereocenters. The number of halogens is 2. The second-order valence-electron chi connectivity index (χ2n) is 7.28. The van der Waals surface area contributed by atoms with Crippen LogP contribution in [0.15, 0.2) is 27.1 Å². The lowest BCUT2D eigenvalue weighted by molar-refractivity contribution is 0.283. The quantitative estimate of drug-likeness (QED) is 0.267. The highest BCUT2D eigenvalue weighted by molar-refractivity contribution is 9.11. The minimum absolute atomic E-state index is 0.0844. The second kappa shape index (κ2) is 13.3. The number of nitrogens with one attached hydrogen (secondary N) is 1. The van der Waals surface area contributed by atoms with E-state index in [1.54, 1.807) is 0 Å². The highest BCUT2D eigenvalue weighted by Crippen LogP contribution is 2.38. The third kappa shape index (κ3) is 8.13. The molecule has 1 rings (SSSR count). The fraction of sp³-hybridized carbons (Fsp3) is 0.727. The van der Waals surface area contributed by atoms with E-state index in [1.165, 1.54) is 91.6 Å². The Bertz CT molecular complexity index is 475. The minimum atomic E-state index is 0.0844. The first kappa shape index (κ1) is 23.2. The summed E-state index contributed by atoms with van der Waals surface area (Å²) in [5.74, 6) is 0. The van der Waals surface area contributed by atoms with Crippen molar-refractivity contribution >= 4 is 31.9 Å². The number of unbranched alkanes of at least 4 members (excludes halogenated alkanes) is 8. The van der Waals surface area contributed by atoms with Crippen molar-refractivity contribution in [1.29, 1.82) is 0 Å². The molecule has 25 heavy (non-hydrogen) atoms. The van der Waals surface area contributed by atoms with Crippen LogP contribution in [0.5, 0.6) is 0 Å². The maximum absolute atomic E-state index is 3.81. The van der Waals surface area contributed by atoms with Gasteiger partial charge in [-0.15, -0.1) is 0 Å². The van der Waals surface area contributed by atoms with Crippen molar-refractivity contribution in [3.05, 3.63) is 32.7 Å². The van der Waals surface area contributed by atoms with Crippen LogP contribution in [-0.4, -0.2) is 7.05 Å². The van der Waals surface area contributed by atoms with Crippen molar-refractivity contribution < 1.29 is 0 Å². The van der Waals surface area contributed by atoms with E-state index >= 15 is 0 Å². The highest BCUT2D eigenvalue weighted by atomic mass is 79.9. The van der Waals surface area contributed by atoms with E-state index in [9.17, 15) is 0 Å². The van der Waals surface area contributed by atoms with Gasteiger partial charge in [0.15, 0.2) is 0 Å². The predicted molar refractivity (Wildman–Crippen MR) is 119 cm³/mol. The molecule has 1 aromatic carbocycles. The van der Waals surface area contributed by atoms with Crippen molar-refractivity contribution in [3.8, 4) is 0 Å². The summed E-state index contributed by atoms with van der Waals surface area (Å²) in [5, 5.41) is 3.73. The first-order valence-corrected chi connectivity index (χ1v) is 11.8. The number of benzene rings is 1. The van der Waals surface area contributed by atoms with Gasteiger partial charge in [0.05, 0.1) is 0 Å². The van der Waals surface area contributed by atoms with E-state index < -0.39 is 0 Å². The molecule has 0 spiro atoms. The lowest BCUT2D eigenvalue weighted by Gasteiger charge is -2.36. The van der Waals surface area contributed by atoms with Crippen molar-refractivity contribution in [2.75, 3.05) is 7.05 Å². The van der Waals surface area contributed by atoms with Crippen LogP contribution in [0, 0.1) is 0 Å². The molecule has 0 saturated heterocycles. The van der Waals surface area contributed by atoms with Crippen LogP contribution in [0.4, 0.5) is 0 Å². The number of rotatable bonds is 14. The zero-order valence-corrected chi connectivity index (χ0v) is 19.6. The molecule has 0 saturated carbocycles. The smallest absolute Gasteiger partial charge is 0.0443 e. The molecule has 1 N–H and O–H groups in total. The van der Waals surface area contributed by atoms with Crippen LogP contribution in [-0.2, 0) is 5.54 Å². The van der Waals surface area contributed by atoms with Crippen molar-refractivity contribution in [2.45, 2.75) is 96.4 Å². The first-order chi connectivity index (χ1) is 12.1. The van der Waals surface area contributed by atoms with Gasteiger partial charge in [-0.2, -0.15) is 0 Å². The molecule has 1 nitrogen and oxygen atoms in total. The van der Waals surface area contributed by atoms with Gasteiger partial charge in [0.2, 0.25) is 0 Å². The SMILES string of the molecule is CCCCCCCCC(CCCCCC)(NC)c1cc(Br)ccc1Br. The Kier molecular flexibility index (Phi) is 12.4. The number of hydrogen-bond acceptors (Lipinski definition) is 1. The molecule has 1 atom stereocenters. The molecule has 0 aliphatic rings. The Hall–Kier alpha value is 0.140. The second-order valence-corrected chi connectivity index (χ2v) is 9.05. The maximum Gasteiger partial charge on any atom is 0.0443 e. The summed E-state index contributed by atoms with van der Waals surface area (Å²) in [4.78, 5) is 0. The number of hydrogen-bond donors (Lipinski definition) is 1. The van der Waals surface area contributed by atoms with E-state index in [-0.39, 0.29) is 5.54 Å². The Balaban J connectivity index is 2.81. The zero-order chi connectivity index (χ0) is 18.5. The van der Waals surface area contributed by atoms with E-state index in [1.807, 2.05) is 0 Å². The van der Waals surface area contributed by atoms with E-state index in [2.05, 4.69) is 76.3 Å². The molecule has 0 fully saturated rings. The lowest BCUT2D eigenvalue weighted by atomic mass is 9.80. The summed E-state index contributed by atoms with van der Waals surface area (Å²) in [6.45, 7) is 4.57. The maximum atomic E-state index is 3.81. The van der Waals surface area contributed by atoms with Crippen molar-refractivity contribution in [2.24, 2.45) is 0 Å². The predicted octanol–water partition coefficient (Wildman–Crippen LogP) is 8.35. The highest BCUT2D eigenvalue weighted by Gasteiger charge is 2.31. The van der Waals surface area contributed by atoms with Crippen LogP contribution in [0.25, 0.3) is 0 Å². The molecule has 0 heterocycles. The van der Waals surface area contributed by atoms with Gasteiger partial charge in [-0.05, 0) is 43.7 Å². The van der Waals surface area contributed by atoms with Gasteiger partial charge < -0.3 is 5.32 Å². The van der Waals surface area contributed by atoms with Crippen LogP contribution < -0.4 is 5.32 Å². The summed E-state index contributed by atoms with van der Waals surface area (Å²) in [6.07, 6.45) is 15.8. The van der Waals surface area contributed by atoms with Gasteiger partial charge in [0.1, 0.15) is 0 Å². The van der Waals surface area contributed by atoms with Gasteiger partial charge >= 0.3 is 0 Å². The fourth-order valence-corrected chi connectivity index (χ4v) is 4.69. The Labute approximate surface area is 173 Å². The molecule has 0 aliphatic heterocycles. The van der Waals surface area contributed by atoms with Gasteiger partial charge in [0.25, 0.3) is 0 Å². The minimum Gasteiger partial charge on any atom is -0.310 e. The molecule has 1 aromatic rings. The Morgan fingerprint density at radius 2 is 1.32 bits per heavy atom. The summed E-state index contributed by atoms with van der Waals surface area (Å²) in [6, 6.07) is 6.60. The average molecular weight is 475 g/mol. The van der Waals surface area contributed by atoms with E-state index in [0.717, 1.165) is 0 Å². The van der Waals surface area contributed by atoms with Crippen LogP contribution in [0.3, 0.4) is 0 Å². The standard InChI is InChI=1S/C22H37Br2N/c1-4-6-8-10-11-13-17-22(25-3,16-12-9-7-5-2)20-18-19(23)14-15-21(20)24/h14-15,18,25H,4-13,16-17H2,1-3H3. The molecule has 0 aromatic heterocycles. The average Bonchev–Trinajstić information content (AvgIpc) is 2.62. The molecule has 3 heteroatoms. The topological polar surface area (TPSA) is 12.0 Å². The first-order valence-electron chi connectivity index (χ1n) is 10.2. The van der Waals surface area contributed by atoms with E-state index in [0.29, 0.717) is 0 Å². The van der Waals surface area contributed by atoms with Gasteiger partial charge in [-0.1, -0.05) is 110 Å². The monoisotopic (exact) mass is 473 g/mol. The lowest BCUT2D eigenvalue weighted by Crippen LogP contribution is -2.40. The van der Waals surface area contributed by atoms with Gasteiger partial charge in [-0.3, -0.25) is 0 Å². The molecule has 0 radical (unpaired) electrons. The summed E-state index contributed by atoms with van der Waals surface area (Å²) in [7, 11) is 2.14. The molecule has 0 amide bonds. The molecule has 0 bridgehead atoms. The Morgan fingerprint density at radius 1 is 0.800 bits per heavy atom. The summed E-state index contributed by atoms with van der Waals surface area (Å²) < 4.78 is 2.40. The third-order valence-electron chi connectivity index (χ3n) is 5.34. The molecular weight excluding hydrogens is 438 g/mol. The van der Waals surface area contributed by atoms with Gasteiger partial charge in [0, 0.05) is 14.5 Å². The molecule has 144 valence electrons. The Morgan fingerprint density at radius 3 is 1.88 bits per heavy atom. The van der Waals surface area contributed by atoms with Crippen LogP contribution in [0.2, 0.25) is 0 Å². The fourth-order valence-electron chi connectivity index (χ4n) is 3.70. The third-order valence-corrected chi connectivity index (χ3v) is 6.52. The molecule has 0 aliphatic carbocycles.